The van der Waals surface area contributed by atoms with Crippen LogP contribution in [0.5, 0.6) is 0 Å². The van der Waals surface area contributed by atoms with Crippen molar-refractivity contribution in [2.75, 3.05) is 16.4 Å². The molecule has 4 rings (SSSR count). The summed E-state index contributed by atoms with van der Waals surface area (Å²) in [4.78, 5) is 37.0. The first kappa shape index (κ1) is 25.3. The number of carbonyl (C=O) groups excluding carboxylic acids is 3. The minimum atomic E-state index is -5.06. The Bertz CT molecular complexity index is 1470. The van der Waals surface area contributed by atoms with E-state index in [2.05, 4.69) is 17.2 Å². The van der Waals surface area contributed by atoms with Gasteiger partial charge in [-0.1, -0.05) is 30.8 Å². The predicted molar refractivity (Wildman–Crippen MR) is 121 cm³/mol. The fourth-order valence-corrected chi connectivity index (χ4v) is 4.22. The van der Waals surface area contributed by atoms with Crippen molar-refractivity contribution in [1.82, 2.24) is 0 Å². The summed E-state index contributed by atoms with van der Waals surface area (Å²) in [5, 5.41) is 5.46. The number of nitrogens with one attached hydrogen (secondary N) is 2. The summed E-state index contributed by atoms with van der Waals surface area (Å²) in [5.74, 6) is -1.61. The SMILES string of the molecule is C=CC(=O)Nc1ccc(Nc2cc(S(=O)(=O)[O-])c(N)c3c2C(=O)c2ccccc2C3=O)cc1.[Na+]. The second-order valence-electron chi connectivity index (χ2n) is 7.14. The zero-order chi connectivity index (χ0) is 23.9. The number of rotatable bonds is 5. The van der Waals surface area contributed by atoms with E-state index >= 15 is 0 Å². The summed E-state index contributed by atoms with van der Waals surface area (Å²) in [6, 6.07) is 13.2. The fraction of sp³-hybridized carbons (Fsp3) is 0. The first-order valence-electron chi connectivity index (χ1n) is 9.53. The van der Waals surface area contributed by atoms with Gasteiger partial charge >= 0.3 is 29.6 Å². The summed E-state index contributed by atoms with van der Waals surface area (Å²) in [6.45, 7) is 3.37. The average Bonchev–Trinajstić information content (AvgIpc) is 2.78. The van der Waals surface area contributed by atoms with E-state index in [0.29, 0.717) is 11.4 Å². The molecule has 0 saturated heterocycles. The molecule has 4 N–H and O–H groups in total. The molecular formula is C23H16N3NaO6S. The van der Waals surface area contributed by atoms with Gasteiger partial charge in [0.15, 0.2) is 11.6 Å². The number of nitrogen functional groups attached to an aromatic ring is 1. The van der Waals surface area contributed by atoms with Crippen LogP contribution in [-0.2, 0) is 14.9 Å². The Balaban J connectivity index is 0.00000324. The van der Waals surface area contributed by atoms with E-state index in [1.165, 1.54) is 12.1 Å². The summed E-state index contributed by atoms with van der Waals surface area (Å²) >= 11 is 0. The van der Waals surface area contributed by atoms with Crippen molar-refractivity contribution < 1.29 is 56.9 Å². The van der Waals surface area contributed by atoms with Crippen LogP contribution in [0.3, 0.4) is 0 Å². The Labute approximate surface area is 217 Å². The molecule has 1 amide bonds. The molecule has 0 bridgehead atoms. The van der Waals surface area contributed by atoms with E-state index in [-0.39, 0.29) is 57.5 Å². The van der Waals surface area contributed by atoms with Gasteiger partial charge in [-0.15, -0.1) is 0 Å². The number of hydrogen-bond acceptors (Lipinski definition) is 8. The molecule has 9 nitrogen and oxygen atoms in total. The fourth-order valence-electron chi connectivity index (χ4n) is 3.58. The van der Waals surface area contributed by atoms with E-state index < -0.39 is 38.2 Å². The van der Waals surface area contributed by atoms with E-state index in [9.17, 15) is 27.4 Å². The van der Waals surface area contributed by atoms with Crippen LogP contribution in [0.2, 0.25) is 0 Å². The molecule has 0 heterocycles. The zero-order valence-corrected chi connectivity index (χ0v) is 20.7. The number of benzene rings is 3. The Hall–Kier alpha value is -3.28. The van der Waals surface area contributed by atoms with Crippen LogP contribution < -0.4 is 45.9 Å². The maximum Gasteiger partial charge on any atom is 1.00 e. The van der Waals surface area contributed by atoms with Crippen molar-refractivity contribution in [3.05, 3.63) is 89.5 Å². The number of fused-ring (bicyclic) bond motifs is 2. The molecule has 34 heavy (non-hydrogen) atoms. The normalized spacial score (nSPS) is 12.1. The molecule has 0 spiro atoms. The monoisotopic (exact) mass is 485 g/mol. The number of anilines is 4. The van der Waals surface area contributed by atoms with Crippen molar-refractivity contribution in [3.63, 3.8) is 0 Å². The van der Waals surface area contributed by atoms with E-state index in [1.807, 2.05) is 0 Å². The molecule has 1 aliphatic carbocycles. The first-order valence-corrected chi connectivity index (χ1v) is 10.9. The minimum Gasteiger partial charge on any atom is -0.744 e. The second-order valence-corrected chi connectivity index (χ2v) is 8.49. The molecule has 3 aromatic rings. The van der Waals surface area contributed by atoms with Crippen LogP contribution in [0.4, 0.5) is 22.7 Å². The molecule has 166 valence electrons. The topological polar surface area (TPSA) is 158 Å². The van der Waals surface area contributed by atoms with Gasteiger partial charge in [-0.2, -0.15) is 0 Å². The molecule has 0 aliphatic heterocycles. The van der Waals surface area contributed by atoms with Crippen molar-refractivity contribution in [1.29, 1.82) is 0 Å². The third kappa shape index (κ3) is 4.54. The van der Waals surface area contributed by atoms with Crippen LogP contribution >= 0.6 is 0 Å². The molecule has 0 atom stereocenters. The minimum absolute atomic E-state index is 0. The first-order chi connectivity index (χ1) is 15.6. The maximum absolute atomic E-state index is 13.3. The summed E-state index contributed by atoms with van der Waals surface area (Å²) in [5.41, 5.74) is 5.87. The molecule has 0 fully saturated rings. The predicted octanol–water partition coefficient (Wildman–Crippen LogP) is -0.180. The summed E-state index contributed by atoms with van der Waals surface area (Å²) in [7, 11) is -5.06. The van der Waals surface area contributed by atoms with Crippen LogP contribution in [0.1, 0.15) is 31.8 Å². The quantitative estimate of drug-likeness (QED) is 0.152. The van der Waals surface area contributed by atoms with Crippen molar-refractivity contribution in [2.24, 2.45) is 0 Å². The van der Waals surface area contributed by atoms with Gasteiger partial charge in [-0.3, -0.25) is 14.4 Å². The molecule has 3 aromatic carbocycles. The average molecular weight is 485 g/mol. The van der Waals surface area contributed by atoms with Crippen molar-refractivity contribution >= 4 is 50.3 Å². The standard InChI is InChI=1S/C23H17N3O6S.Na/c1-2-18(27)26-13-9-7-12(8-10-13)25-16-11-17(33(30,31)32)21(24)20-19(16)22(28)14-5-3-4-6-15(14)23(20)29;/h2-11,25H,1,24H2,(H,26,27)(H,30,31,32);/q;+1/p-1. The third-order valence-electron chi connectivity index (χ3n) is 5.09. The Morgan fingerprint density at radius 1 is 0.941 bits per heavy atom. The third-order valence-corrected chi connectivity index (χ3v) is 5.96. The van der Waals surface area contributed by atoms with Gasteiger partial charge in [0, 0.05) is 22.5 Å². The molecule has 0 saturated carbocycles. The number of nitrogens with two attached hydrogens (primary N) is 1. The molecule has 0 unspecified atom stereocenters. The van der Waals surface area contributed by atoms with E-state index in [1.54, 1.807) is 36.4 Å². The summed E-state index contributed by atoms with van der Waals surface area (Å²) < 4.78 is 35.5. The van der Waals surface area contributed by atoms with Crippen molar-refractivity contribution in [3.8, 4) is 0 Å². The number of hydrogen-bond donors (Lipinski definition) is 3. The van der Waals surface area contributed by atoms with Gasteiger partial charge < -0.3 is 20.9 Å². The number of ketones is 2. The molecule has 1 aliphatic rings. The van der Waals surface area contributed by atoms with Crippen LogP contribution in [-0.4, -0.2) is 30.4 Å². The summed E-state index contributed by atoms with van der Waals surface area (Å²) in [6.07, 6.45) is 1.11. The number of carbonyl (C=O) groups is 3. The smallest absolute Gasteiger partial charge is 0.744 e. The van der Waals surface area contributed by atoms with Crippen LogP contribution in [0.15, 0.2) is 72.1 Å². The van der Waals surface area contributed by atoms with Gasteiger partial charge in [-0.25, -0.2) is 8.42 Å². The Morgan fingerprint density at radius 3 is 2.00 bits per heavy atom. The molecule has 11 heteroatoms. The van der Waals surface area contributed by atoms with Gasteiger partial charge in [-0.05, 0) is 36.4 Å². The van der Waals surface area contributed by atoms with Crippen LogP contribution in [0.25, 0.3) is 0 Å². The molecular weight excluding hydrogens is 469 g/mol. The largest absolute Gasteiger partial charge is 1.00 e. The van der Waals surface area contributed by atoms with Gasteiger partial charge in [0.2, 0.25) is 5.91 Å². The second kappa shape index (κ2) is 9.53. The maximum atomic E-state index is 13.3. The van der Waals surface area contributed by atoms with Gasteiger partial charge in [0.05, 0.1) is 27.4 Å². The van der Waals surface area contributed by atoms with Gasteiger partial charge in [0.25, 0.3) is 0 Å². The van der Waals surface area contributed by atoms with Crippen molar-refractivity contribution in [2.45, 2.75) is 4.90 Å². The number of amides is 1. The Kier molecular flexibility index (Phi) is 7.10. The van der Waals surface area contributed by atoms with E-state index in [4.69, 9.17) is 5.73 Å². The molecule has 0 radical (unpaired) electrons. The zero-order valence-electron chi connectivity index (χ0n) is 17.9. The Morgan fingerprint density at radius 2 is 1.47 bits per heavy atom. The van der Waals surface area contributed by atoms with Crippen LogP contribution in [0, 0.1) is 0 Å². The van der Waals surface area contributed by atoms with Gasteiger partial charge in [0.1, 0.15) is 10.1 Å². The van der Waals surface area contributed by atoms with E-state index in [0.717, 1.165) is 12.1 Å². The molecule has 0 aromatic heterocycles.